The zero-order valence-corrected chi connectivity index (χ0v) is 19.1. The number of anilines is 1. The van der Waals surface area contributed by atoms with Gasteiger partial charge in [0, 0.05) is 38.2 Å². The van der Waals surface area contributed by atoms with Gasteiger partial charge in [0.05, 0.1) is 11.4 Å². The molecule has 5 nitrogen and oxygen atoms in total. The molecule has 9 heteroatoms. The molecule has 0 aliphatic rings. The Labute approximate surface area is 171 Å². The lowest BCUT2D eigenvalue weighted by Crippen LogP contribution is -2.41. The van der Waals surface area contributed by atoms with Crippen molar-refractivity contribution in [3.8, 4) is 11.3 Å². The third-order valence-corrected chi connectivity index (χ3v) is 10.00. The van der Waals surface area contributed by atoms with Crippen molar-refractivity contribution in [2.24, 2.45) is 0 Å². The lowest BCUT2D eigenvalue weighted by Gasteiger charge is -2.36. The van der Waals surface area contributed by atoms with E-state index in [0.717, 1.165) is 18.7 Å². The summed E-state index contributed by atoms with van der Waals surface area (Å²) in [6.45, 7) is 9.85. The Balaban J connectivity index is 2.08. The van der Waals surface area contributed by atoms with Gasteiger partial charge in [0.1, 0.15) is 5.15 Å². The molecule has 0 aliphatic heterocycles. The summed E-state index contributed by atoms with van der Waals surface area (Å²) < 4.78 is 32.5. The number of pyridine rings is 1. The highest BCUT2D eigenvalue weighted by Gasteiger charge is 2.36. The van der Waals surface area contributed by atoms with Crippen molar-refractivity contribution in [1.82, 2.24) is 14.8 Å². The number of hydrogen-bond donors (Lipinski definition) is 0. The Bertz CT molecular complexity index is 792. The van der Waals surface area contributed by atoms with Crippen LogP contribution in [0.3, 0.4) is 0 Å². The number of hydrogen-bond acceptors (Lipinski definition) is 4. The minimum absolute atomic E-state index is 0.175. The van der Waals surface area contributed by atoms with Crippen molar-refractivity contribution in [2.75, 3.05) is 25.1 Å². The smallest absolute Gasteiger partial charge is 0.333 e. The molecule has 2 heterocycles. The zero-order chi connectivity index (χ0) is 21.1. The molecule has 0 N–H and O–H groups in total. The van der Waals surface area contributed by atoms with Gasteiger partial charge in [-0.05, 0) is 36.7 Å². The van der Waals surface area contributed by atoms with Crippen molar-refractivity contribution >= 4 is 25.6 Å². The molecular formula is C19H29ClF2N4OSi. The lowest BCUT2D eigenvalue weighted by molar-refractivity contribution is 0.0568. The standard InChI is InChI=1S/C19H29ClF2N4OSi/c1-19(2,3)28(5,6)27-11-7-9-25(4)16-12-17(20)23-13-14(16)15-8-10-26(24-15)18(21)22/h8,10,12-13,18H,7,9,11H2,1-6H3. The monoisotopic (exact) mass is 430 g/mol. The highest BCUT2D eigenvalue weighted by atomic mass is 35.5. The van der Waals surface area contributed by atoms with Crippen molar-refractivity contribution in [3.63, 3.8) is 0 Å². The van der Waals surface area contributed by atoms with Gasteiger partial charge in [0.15, 0.2) is 8.32 Å². The molecule has 0 unspecified atom stereocenters. The van der Waals surface area contributed by atoms with Crippen molar-refractivity contribution < 1.29 is 13.2 Å². The fourth-order valence-corrected chi connectivity index (χ4v) is 3.73. The fourth-order valence-electron chi connectivity index (χ4n) is 2.49. The molecule has 2 aromatic rings. The van der Waals surface area contributed by atoms with Crippen molar-refractivity contribution in [3.05, 3.63) is 29.7 Å². The average Bonchev–Trinajstić information content (AvgIpc) is 3.07. The largest absolute Gasteiger partial charge is 0.417 e. The van der Waals surface area contributed by atoms with Gasteiger partial charge in [0.25, 0.3) is 0 Å². The number of rotatable bonds is 8. The van der Waals surface area contributed by atoms with Gasteiger partial charge in [0.2, 0.25) is 0 Å². The Hall–Kier alpha value is -1.51. The number of alkyl halides is 2. The highest BCUT2D eigenvalue weighted by molar-refractivity contribution is 6.74. The summed E-state index contributed by atoms with van der Waals surface area (Å²) in [5, 5.41) is 4.47. The Kier molecular flexibility index (Phi) is 7.22. The minimum atomic E-state index is -2.68. The first-order valence-electron chi connectivity index (χ1n) is 9.27. The molecular weight excluding hydrogens is 402 g/mol. The van der Waals surface area contributed by atoms with E-state index in [0.29, 0.717) is 27.7 Å². The lowest BCUT2D eigenvalue weighted by atomic mass is 10.1. The summed E-state index contributed by atoms with van der Waals surface area (Å²) in [5.74, 6) is 0. The second kappa shape index (κ2) is 8.88. The molecule has 0 spiro atoms. The van der Waals surface area contributed by atoms with Gasteiger partial charge in [-0.3, -0.25) is 0 Å². The molecule has 0 saturated carbocycles. The van der Waals surface area contributed by atoms with E-state index < -0.39 is 14.9 Å². The zero-order valence-electron chi connectivity index (χ0n) is 17.3. The van der Waals surface area contributed by atoms with Gasteiger partial charge in [-0.2, -0.15) is 13.9 Å². The number of halogens is 3. The predicted molar refractivity (Wildman–Crippen MR) is 113 cm³/mol. The van der Waals surface area contributed by atoms with Gasteiger partial charge in [-0.15, -0.1) is 0 Å². The van der Waals surface area contributed by atoms with E-state index in [4.69, 9.17) is 16.0 Å². The second-order valence-electron chi connectivity index (χ2n) is 8.37. The first-order valence-corrected chi connectivity index (χ1v) is 12.6. The van der Waals surface area contributed by atoms with Crippen molar-refractivity contribution in [1.29, 1.82) is 0 Å². The molecule has 0 aliphatic carbocycles. The summed E-state index contributed by atoms with van der Waals surface area (Å²) in [5.41, 5.74) is 1.90. The van der Waals surface area contributed by atoms with E-state index >= 15 is 0 Å². The van der Waals surface area contributed by atoms with E-state index in [9.17, 15) is 8.78 Å². The third-order valence-electron chi connectivity index (χ3n) is 5.25. The van der Waals surface area contributed by atoms with Crippen LogP contribution in [0.2, 0.25) is 23.3 Å². The summed E-state index contributed by atoms with van der Waals surface area (Å²) in [7, 11) is 0.166. The predicted octanol–water partition coefficient (Wildman–Crippen LogP) is 5.84. The quantitative estimate of drug-likeness (QED) is 0.299. The topological polar surface area (TPSA) is 43.2 Å². The van der Waals surface area contributed by atoms with Gasteiger partial charge in [-0.25, -0.2) is 9.67 Å². The molecule has 0 radical (unpaired) electrons. The highest BCUT2D eigenvalue weighted by Crippen LogP contribution is 2.36. The van der Waals surface area contributed by atoms with Crippen molar-refractivity contribution in [2.45, 2.75) is 51.9 Å². The maximum Gasteiger partial charge on any atom is 0.333 e. The summed E-state index contributed by atoms with van der Waals surface area (Å²) in [6, 6.07) is 3.28. The summed E-state index contributed by atoms with van der Waals surface area (Å²) in [4.78, 5) is 6.12. The fraction of sp³-hybridized carbons (Fsp3) is 0.579. The average molecular weight is 431 g/mol. The molecule has 0 fully saturated rings. The van der Waals surface area contributed by atoms with E-state index in [2.05, 4.69) is 43.9 Å². The first-order chi connectivity index (χ1) is 12.9. The molecule has 0 saturated heterocycles. The van der Waals surface area contributed by atoms with E-state index in [1.807, 2.05) is 11.9 Å². The number of aromatic nitrogens is 3. The third kappa shape index (κ3) is 5.52. The van der Waals surface area contributed by atoms with Crippen LogP contribution in [0.1, 0.15) is 33.7 Å². The molecule has 0 amide bonds. The molecule has 0 bridgehead atoms. The molecule has 28 heavy (non-hydrogen) atoms. The first kappa shape index (κ1) is 22.8. The Morgan fingerprint density at radius 1 is 1.32 bits per heavy atom. The minimum Gasteiger partial charge on any atom is -0.417 e. The normalized spacial score (nSPS) is 12.6. The molecule has 156 valence electrons. The summed E-state index contributed by atoms with van der Waals surface area (Å²) in [6.07, 6.45) is 3.66. The van der Waals surface area contributed by atoms with Crippen LogP contribution in [0.25, 0.3) is 11.3 Å². The van der Waals surface area contributed by atoms with E-state index in [1.54, 1.807) is 18.3 Å². The maximum absolute atomic E-state index is 12.8. The van der Waals surface area contributed by atoms with Crippen LogP contribution in [0.15, 0.2) is 24.5 Å². The van der Waals surface area contributed by atoms with E-state index in [-0.39, 0.29) is 5.04 Å². The number of nitrogens with zero attached hydrogens (tertiary/aromatic N) is 4. The molecule has 0 atom stereocenters. The molecule has 0 aromatic carbocycles. The van der Waals surface area contributed by atoms with E-state index in [1.165, 1.54) is 6.20 Å². The SMILES string of the molecule is CN(CCCO[Si](C)(C)C(C)(C)C)c1cc(Cl)ncc1-c1ccn(C(F)F)n1. The van der Waals surface area contributed by atoms with Crippen LogP contribution >= 0.6 is 11.6 Å². The van der Waals surface area contributed by atoms with Crippen LogP contribution in [-0.2, 0) is 4.43 Å². The molecule has 2 rings (SSSR count). The summed E-state index contributed by atoms with van der Waals surface area (Å²) >= 11 is 6.07. The van der Waals surface area contributed by atoms with Crippen LogP contribution in [-0.4, -0.2) is 43.3 Å². The Morgan fingerprint density at radius 2 is 2.00 bits per heavy atom. The van der Waals surface area contributed by atoms with Gasteiger partial charge in [-0.1, -0.05) is 32.4 Å². The van der Waals surface area contributed by atoms with Crippen LogP contribution in [0.5, 0.6) is 0 Å². The van der Waals surface area contributed by atoms with Crippen LogP contribution in [0.4, 0.5) is 14.5 Å². The van der Waals surface area contributed by atoms with Crippen LogP contribution in [0, 0.1) is 0 Å². The van der Waals surface area contributed by atoms with Crippen LogP contribution < -0.4 is 4.90 Å². The second-order valence-corrected chi connectivity index (χ2v) is 13.6. The molecule has 2 aromatic heterocycles. The van der Waals surface area contributed by atoms with Gasteiger partial charge < -0.3 is 9.33 Å². The van der Waals surface area contributed by atoms with Gasteiger partial charge >= 0.3 is 6.55 Å². The Morgan fingerprint density at radius 3 is 2.57 bits per heavy atom. The maximum atomic E-state index is 12.8.